The van der Waals surface area contributed by atoms with Crippen LogP contribution in [0.3, 0.4) is 0 Å². The summed E-state index contributed by atoms with van der Waals surface area (Å²) in [5, 5.41) is 7.14. The zero-order valence-electron chi connectivity index (χ0n) is 31.8. The molecule has 272 valence electrons. The van der Waals surface area contributed by atoms with Crippen molar-refractivity contribution < 1.29 is 9.15 Å². The molecule has 0 fully saturated rings. The summed E-state index contributed by atoms with van der Waals surface area (Å²) in [5.74, 6) is 1.76. The third kappa shape index (κ3) is 3.96. The van der Waals surface area contributed by atoms with Crippen LogP contribution in [0.1, 0.15) is 22.3 Å². The molecule has 0 N–H and O–H groups in total. The fourth-order valence-electron chi connectivity index (χ4n) is 11.1. The summed E-state index contributed by atoms with van der Waals surface area (Å²) in [7, 11) is 0. The second-order valence-corrected chi connectivity index (χ2v) is 16.2. The van der Waals surface area contributed by atoms with E-state index in [4.69, 9.17) is 9.15 Å². The van der Waals surface area contributed by atoms with Gasteiger partial charge in [0.15, 0.2) is 0 Å². The molecule has 0 radical (unpaired) electrons. The van der Waals surface area contributed by atoms with Crippen LogP contribution in [0.15, 0.2) is 199 Å². The van der Waals surface area contributed by atoms with Gasteiger partial charge in [-0.2, -0.15) is 0 Å². The molecule has 11 aromatic rings. The van der Waals surface area contributed by atoms with Crippen LogP contribution in [-0.4, -0.2) is 0 Å². The third-order valence-corrected chi connectivity index (χ3v) is 13.5. The average Bonchev–Trinajstić information content (AvgIpc) is 3.93. The summed E-state index contributed by atoms with van der Waals surface area (Å²) < 4.78 is 13.0. The second-order valence-electron chi connectivity index (χ2n) is 16.2. The number of rotatable bonds is 2. The van der Waals surface area contributed by atoms with Gasteiger partial charge in [-0.05, 0) is 125 Å². The van der Waals surface area contributed by atoms with E-state index in [0.717, 1.165) is 50.0 Å². The van der Waals surface area contributed by atoms with E-state index in [2.05, 4.69) is 182 Å². The van der Waals surface area contributed by atoms with Crippen molar-refractivity contribution in [1.82, 2.24) is 0 Å². The standard InChI is InChI=1S/C57H32O2/c1-2-12-37-33(11-1)23-27-49-54(37)42-14-3-6-19-46(42)57(49)47-20-7-4-15-43(47)55-38(16-10-21-48(55)57)35-25-29-52-45(32-35)41-18-9-17-40-36(26-30-53(59-52)56(40)41)34-24-28-51-44(31-34)39-13-5-8-22-50(39)58-51/h1-32H. The summed E-state index contributed by atoms with van der Waals surface area (Å²) in [4.78, 5) is 0. The predicted molar refractivity (Wildman–Crippen MR) is 241 cm³/mol. The molecule has 0 bridgehead atoms. The topological polar surface area (TPSA) is 22.4 Å². The number of ether oxygens (including phenoxy) is 1. The van der Waals surface area contributed by atoms with E-state index in [1.54, 1.807) is 0 Å². The van der Waals surface area contributed by atoms with Crippen molar-refractivity contribution in [2.24, 2.45) is 0 Å². The molecule has 10 aromatic carbocycles. The molecule has 59 heavy (non-hydrogen) atoms. The van der Waals surface area contributed by atoms with Crippen molar-refractivity contribution >= 4 is 43.5 Å². The Morgan fingerprint density at radius 2 is 0.949 bits per heavy atom. The summed E-state index contributed by atoms with van der Waals surface area (Å²) >= 11 is 0. The molecule has 1 unspecified atom stereocenters. The molecule has 2 nitrogen and oxygen atoms in total. The highest BCUT2D eigenvalue weighted by Gasteiger charge is 2.52. The van der Waals surface area contributed by atoms with E-state index in [1.165, 1.54) is 82.9 Å². The van der Waals surface area contributed by atoms with E-state index in [-0.39, 0.29) is 0 Å². The fourth-order valence-corrected chi connectivity index (χ4v) is 11.1. The Hall–Kier alpha value is -7.68. The Balaban J connectivity index is 0.970. The van der Waals surface area contributed by atoms with E-state index < -0.39 is 5.41 Å². The molecule has 14 rings (SSSR count). The van der Waals surface area contributed by atoms with Crippen molar-refractivity contribution in [3.63, 3.8) is 0 Å². The maximum absolute atomic E-state index is 6.77. The van der Waals surface area contributed by atoms with Crippen LogP contribution in [0.4, 0.5) is 0 Å². The molecule has 2 heteroatoms. The van der Waals surface area contributed by atoms with Gasteiger partial charge in [0.05, 0.1) is 5.41 Å². The molecular weight excluding hydrogens is 717 g/mol. The van der Waals surface area contributed by atoms with Crippen molar-refractivity contribution in [1.29, 1.82) is 0 Å². The molecular formula is C57H32O2. The quantitative estimate of drug-likeness (QED) is 0.176. The first-order valence-electron chi connectivity index (χ1n) is 20.4. The highest BCUT2D eigenvalue weighted by molar-refractivity contribution is 6.13. The van der Waals surface area contributed by atoms with Gasteiger partial charge in [-0.25, -0.2) is 0 Å². The Labute approximate surface area is 340 Å². The monoisotopic (exact) mass is 748 g/mol. The Morgan fingerprint density at radius 1 is 0.322 bits per heavy atom. The summed E-state index contributed by atoms with van der Waals surface area (Å²) in [5.41, 5.74) is 19.1. The Kier molecular flexibility index (Phi) is 5.99. The van der Waals surface area contributed by atoms with Crippen molar-refractivity contribution in [2.45, 2.75) is 5.41 Å². The lowest BCUT2D eigenvalue weighted by molar-refractivity contribution is 0.487. The number of hydrogen-bond donors (Lipinski definition) is 0. The van der Waals surface area contributed by atoms with Crippen molar-refractivity contribution in [2.75, 3.05) is 0 Å². The van der Waals surface area contributed by atoms with Gasteiger partial charge in [0.1, 0.15) is 22.7 Å². The normalized spacial score (nSPS) is 15.3. The van der Waals surface area contributed by atoms with Gasteiger partial charge in [0.2, 0.25) is 0 Å². The Morgan fingerprint density at radius 3 is 1.85 bits per heavy atom. The SMILES string of the molecule is c1ccc2c(c1)-c1c(-c3ccc4c(c3)-c3cccc5c(-c6ccc7oc8ccccc8c7c6)ccc(c35)O4)cccc1C21c2ccccc2-c2c1ccc1ccccc21. The number of fused-ring (bicyclic) bond motifs is 17. The van der Waals surface area contributed by atoms with Gasteiger partial charge >= 0.3 is 0 Å². The molecule has 0 amide bonds. The van der Waals surface area contributed by atoms with Gasteiger partial charge in [0.25, 0.3) is 0 Å². The van der Waals surface area contributed by atoms with Gasteiger partial charge in [-0.15, -0.1) is 0 Å². The first kappa shape index (κ1) is 31.4. The number of para-hydroxylation sites is 1. The minimum atomic E-state index is -0.429. The van der Waals surface area contributed by atoms with E-state index in [9.17, 15) is 0 Å². The lowest BCUT2D eigenvalue weighted by atomic mass is 9.70. The zero-order chi connectivity index (χ0) is 38.4. The minimum absolute atomic E-state index is 0.429. The van der Waals surface area contributed by atoms with E-state index in [0.29, 0.717) is 0 Å². The minimum Gasteiger partial charge on any atom is -0.456 e. The molecule has 0 saturated heterocycles. The van der Waals surface area contributed by atoms with Gasteiger partial charge in [-0.1, -0.05) is 158 Å². The van der Waals surface area contributed by atoms with Crippen molar-refractivity contribution in [3.05, 3.63) is 216 Å². The Bertz CT molecular complexity index is 3660. The first-order valence-corrected chi connectivity index (χ1v) is 20.4. The van der Waals surface area contributed by atoms with Crippen molar-refractivity contribution in [3.8, 4) is 67.1 Å². The fraction of sp³-hybridized carbons (Fsp3) is 0.0175. The van der Waals surface area contributed by atoms with Crippen LogP contribution in [0.2, 0.25) is 0 Å². The molecule has 2 heterocycles. The van der Waals surface area contributed by atoms with Crippen LogP contribution in [-0.2, 0) is 5.41 Å². The maximum atomic E-state index is 6.77. The van der Waals surface area contributed by atoms with Crippen LogP contribution in [0.5, 0.6) is 11.5 Å². The highest BCUT2D eigenvalue weighted by Crippen LogP contribution is 2.65. The lowest BCUT2D eigenvalue weighted by Crippen LogP contribution is -2.25. The van der Waals surface area contributed by atoms with Crippen LogP contribution in [0.25, 0.3) is 99.1 Å². The number of hydrogen-bond acceptors (Lipinski definition) is 2. The van der Waals surface area contributed by atoms with Gasteiger partial charge in [0, 0.05) is 21.7 Å². The molecule has 1 atom stereocenters. The molecule has 3 aliphatic rings. The molecule has 2 aliphatic carbocycles. The second kappa shape index (κ2) is 11.2. The summed E-state index contributed by atoms with van der Waals surface area (Å²) in [6, 6.07) is 71.3. The maximum Gasteiger partial charge on any atom is 0.135 e. The highest BCUT2D eigenvalue weighted by atomic mass is 16.5. The van der Waals surface area contributed by atoms with Crippen LogP contribution >= 0.6 is 0 Å². The number of furan rings is 1. The summed E-state index contributed by atoms with van der Waals surface area (Å²) in [6.45, 7) is 0. The van der Waals surface area contributed by atoms with Gasteiger partial charge in [-0.3, -0.25) is 0 Å². The predicted octanol–water partition coefficient (Wildman–Crippen LogP) is 15.3. The zero-order valence-corrected chi connectivity index (χ0v) is 31.8. The first-order chi connectivity index (χ1) is 29.3. The molecule has 0 saturated carbocycles. The van der Waals surface area contributed by atoms with E-state index in [1.807, 2.05) is 12.1 Å². The lowest BCUT2D eigenvalue weighted by Gasteiger charge is -2.30. The van der Waals surface area contributed by atoms with Gasteiger partial charge < -0.3 is 9.15 Å². The van der Waals surface area contributed by atoms with Crippen LogP contribution < -0.4 is 4.74 Å². The summed E-state index contributed by atoms with van der Waals surface area (Å²) in [6.07, 6.45) is 0. The van der Waals surface area contributed by atoms with E-state index >= 15 is 0 Å². The smallest absolute Gasteiger partial charge is 0.135 e. The largest absolute Gasteiger partial charge is 0.456 e. The number of benzene rings is 10. The molecule has 1 aromatic heterocycles. The molecule has 1 spiro atoms. The molecule has 1 aliphatic heterocycles. The average molecular weight is 749 g/mol. The third-order valence-electron chi connectivity index (χ3n) is 13.5. The van der Waals surface area contributed by atoms with Crippen LogP contribution in [0, 0.1) is 0 Å².